The number of benzene rings is 2. The van der Waals surface area contributed by atoms with Gasteiger partial charge in [0.2, 0.25) is 0 Å². The molecular formula is C18H16FNO4S. The van der Waals surface area contributed by atoms with Crippen molar-refractivity contribution in [2.75, 3.05) is 6.61 Å². The molecule has 0 spiro atoms. The molecule has 0 aliphatic carbocycles. The van der Waals surface area contributed by atoms with E-state index in [-0.39, 0.29) is 17.9 Å². The normalized spacial score (nSPS) is 15.4. The smallest absolute Gasteiger partial charge is 0.339 e. The summed E-state index contributed by atoms with van der Waals surface area (Å²) in [6, 6.07) is 11.4. The zero-order valence-electron chi connectivity index (χ0n) is 13.2. The number of carbonyl (C=O) groups is 1. The van der Waals surface area contributed by atoms with Gasteiger partial charge in [-0.05, 0) is 22.8 Å². The van der Waals surface area contributed by atoms with Gasteiger partial charge >= 0.3 is 5.97 Å². The summed E-state index contributed by atoms with van der Waals surface area (Å²) in [6.45, 7) is 0.369. The zero-order valence-corrected chi connectivity index (χ0v) is 14.0. The third-order valence-electron chi connectivity index (χ3n) is 3.98. The van der Waals surface area contributed by atoms with Gasteiger partial charge in [0.05, 0.1) is 11.3 Å². The minimum atomic E-state index is -2.05. The van der Waals surface area contributed by atoms with Crippen LogP contribution in [0.2, 0.25) is 0 Å². The minimum absolute atomic E-state index is 0.0188. The van der Waals surface area contributed by atoms with Gasteiger partial charge in [-0.3, -0.25) is 0 Å². The van der Waals surface area contributed by atoms with Crippen molar-refractivity contribution < 1.29 is 22.7 Å². The SMILES string of the molecule is NCc1ccc(C2=C(c3ccc(CS(=O)O)cc3F)COC2=O)cc1. The van der Waals surface area contributed by atoms with Crippen LogP contribution in [0.15, 0.2) is 42.5 Å². The summed E-state index contributed by atoms with van der Waals surface area (Å²) in [4.78, 5) is 12.1. The maximum Gasteiger partial charge on any atom is 0.339 e. The highest BCUT2D eigenvalue weighted by Gasteiger charge is 2.28. The first-order chi connectivity index (χ1) is 12.0. The molecule has 0 aromatic heterocycles. The maximum atomic E-state index is 14.5. The van der Waals surface area contributed by atoms with Gasteiger partial charge in [0.25, 0.3) is 0 Å². The molecule has 1 aliphatic rings. The van der Waals surface area contributed by atoms with Gasteiger partial charge in [0.15, 0.2) is 11.1 Å². The highest BCUT2D eigenvalue weighted by molar-refractivity contribution is 7.78. The fourth-order valence-electron chi connectivity index (χ4n) is 2.75. The predicted molar refractivity (Wildman–Crippen MR) is 93.0 cm³/mol. The van der Waals surface area contributed by atoms with Crippen LogP contribution in [0.5, 0.6) is 0 Å². The molecule has 130 valence electrons. The third-order valence-corrected chi connectivity index (χ3v) is 4.56. The molecule has 0 bridgehead atoms. The number of cyclic esters (lactones) is 1. The molecule has 1 aliphatic heterocycles. The van der Waals surface area contributed by atoms with Crippen molar-refractivity contribution in [3.8, 4) is 0 Å². The van der Waals surface area contributed by atoms with E-state index in [1.54, 1.807) is 18.2 Å². The Balaban J connectivity index is 2.04. The largest absolute Gasteiger partial charge is 0.457 e. The van der Waals surface area contributed by atoms with E-state index in [1.165, 1.54) is 12.1 Å². The van der Waals surface area contributed by atoms with E-state index < -0.39 is 22.9 Å². The van der Waals surface area contributed by atoms with Crippen molar-refractivity contribution in [1.29, 1.82) is 0 Å². The van der Waals surface area contributed by atoms with E-state index >= 15 is 0 Å². The Morgan fingerprint density at radius 3 is 2.44 bits per heavy atom. The summed E-state index contributed by atoms with van der Waals surface area (Å²) >= 11 is -2.05. The Hall–Kier alpha value is -2.35. The molecule has 1 unspecified atom stereocenters. The number of hydrogen-bond acceptors (Lipinski definition) is 4. The molecule has 0 fully saturated rings. The van der Waals surface area contributed by atoms with Crippen molar-refractivity contribution in [2.45, 2.75) is 12.3 Å². The molecule has 1 heterocycles. The lowest BCUT2D eigenvalue weighted by atomic mass is 9.95. The van der Waals surface area contributed by atoms with Crippen LogP contribution >= 0.6 is 0 Å². The fourth-order valence-corrected chi connectivity index (χ4v) is 3.22. The molecule has 2 aromatic rings. The van der Waals surface area contributed by atoms with Crippen molar-refractivity contribution in [3.63, 3.8) is 0 Å². The molecule has 3 rings (SSSR count). The molecule has 0 radical (unpaired) electrons. The Labute approximate surface area is 146 Å². The first-order valence-electron chi connectivity index (χ1n) is 7.55. The van der Waals surface area contributed by atoms with Crippen molar-refractivity contribution in [3.05, 3.63) is 70.5 Å². The lowest BCUT2D eigenvalue weighted by Gasteiger charge is -2.08. The molecule has 7 heteroatoms. The standard InChI is InChI=1S/C18H16FNO4S/c19-16-7-12(10-25(22)23)3-6-14(16)15-9-24-18(21)17(15)13-4-1-11(8-20)2-5-13/h1-7H,8-10,20H2,(H,22,23). The summed E-state index contributed by atoms with van der Waals surface area (Å²) < 4.78 is 39.4. The molecule has 25 heavy (non-hydrogen) atoms. The van der Waals surface area contributed by atoms with Crippen LogP contribution in [0.25, 0.3) is 11.1 Å². The minimum Gasteiger partial charge on any atom is -0.457 e. The number of hydrogen-bond donors (Lipinski definition) is 2. The fraction of sp³-hybridized carbons (Fsp3) is 0.167. The van der Waals surface area contributed by atoms with E-state index in [0.717, 1.165) is 5.56 Å². The predicted octanol–water partition coefficient (Wildman–Crippen LogP) is 2.47. The van der Waals surface area contributed by atoms with Gasteiger partial charge in [0, 0.05) is 17.7 Å². The average molecular weight is 361 g/mol. The first kappa shape index (κ1) is 17.5. The van der Waals surface area contributed by atoms with Crippen molar-refractivity contribution >= 4 is 28.2 Å². The number of carbonyl (C=O) groups excluding carboxylic acids is 1. The van der Waals surface area contributed by atoms with Crippen LogP contribution in [0, 0.1) is 5.82 Å². The number of ether oxygens (including phenoxy) is 1. The average Bonchev–Trinajstić information content (AvgIpc) is 2.96. The van der Waals surface area contributed by atoms with Crippen LogP contribution in [0.1, 0.15) is 22.3 Å². The van der Waals surface area contributed by atoms with E-state index in [2.05, 4.69) is 0 Å². The number of rotatable bonds is 5. The van der Waals surface area contributed by atoms with Crippen molar-refractivity contribution in [1.82, 2.24) is 0 Å². The number of halogens is 1. The molecule has 0 amide bonds. The van der Waals surface area contributed by atoms with Gasteiger partial charge in [-0.25, -0.2) is 13.4 Å². The Morgan fingerprint density at radius 2 is 1.84 bits per heavy atom. The zero-order chi connectivity index (χ0) is 18.0. The lowest BCUT2D eigenvalue weighted by Crippen LogP contribution is -2.00. The van der Waals surface area contributed by atoms with Gasteiger partial charge in [-0.2, -0.15) is 0 Å². The van der Waals surface area contributed by atoms with E-state index in [1.807, 2.05) is 12.1 Å². The lowest BCUT2D eigenvalue weighted by molar-refractivity contribution is -0.133. The molecule has 0 saturated carbocycles. The van der Waals surface area contributed by atoms with E-state index in [9.17, 15) is 13.4 Å². The van der Waals surface area contributed by atoms with Crippen LogP contribution in [0.4, 0.5) is 4.39 Å². The summed E-state index contributed by atoms with van der Waals surface area (Å²) in [5, 5.41) is 0. The number of nitrogens with two attached hydrogens (primary N) is 1. The second-order valence-corrected chi connectivity index (χ2v) is 6.54. The highest BCUT2D eigenvalue weighted by atomic mass is 32.2. The maximum absolute atomic E-state index is 14.5. The van der Waals surface area contributed by atoms with Crippen LogP contribution in [-0.4, -0.2) is 21.3 Å². The Kier molecular flexibility index (Phi) is 5.08. The summed E-state index contributed by atoms with van der Waals surface area (Å²) in [5.41, 5.74) is 8.56. The van der Waals surface area contributed by atoms with E-state index in [4.69, 9.17) is 15.0 Å². The monoisotopic (exact) mass is 361 g/mol. The third kappa shape index (κ3) is 3.68. The molecule has 5 nitrogen and oxygen atoms in total. The summed E-state index contributed by atoms with van der Waals surface area (Å²) in [7, 11) is 0. The number of esters is 1. The second kappa shape index (κ2) is 7.26. The highest BCUT2D eigenvalue weighted by Crippen LogP contribution is 2.34. The van der Waals surface area contributed by atoms with Gasteiger partial charge in [0.1, 0.15) is 12.4 Å². The molecule has 0 saturated heterocycles. The van der Waals surface area contributed by atoms with Crippen LogP contribution < -0.4 is 5.73 Å². The quantitative estimate of drug-likeness (QED) is 0.631. The molecule has 1 atom stereocenters. The van der Waals surface area contributed by atoms with Gasteiger partial charge in [-0.15, -0.1) is 0 Å². The molecule has 2 aromatic carbocycles. The summed E-state index contributed by atoms with van der Waals surface area (Å²) in [6.07, 6.45) is 0. The van der Waals surface area contributed by atoms with Gasteiger partial charge in [-0.1, -0.05) is 36.4 Å². The summed E-state index contributed by atoms with van der Waals surface area (Å²) in [5.74, 6) is -1.22. The molecular weight excluding hydrogens is 345 g/mol. The van der Waals surface area contributed by atoms with Crippen LogP contribution in [0.3, 0.4) is 0 Å². The van der Waals surface area contributed by atoms with E-state index in [0.29, 0.717) is 28.8 Å². The first-order valence-corrected chi connectivity index (χ1v) is 8.83. The second-order valence-electron chi connectivity index (χ2n) is 5.61. The van der Waals surface area contributed by atoms with Crippen LogP contribution in [-0.2, 0) is 32.9 Å². The van der Waals surface area contributed by atoms with Crippen molar-refractivity contribution in [2.24, 2.45) is 5.73 Å². The Morgan fingerprint density at radius 1 is 1.16 bits per heavy atom. The Bertz CT molecular complexity index is 877. The topological polar surface area (TPSA) is 89.6 Å². The van der Waals surface area contributed by atoms with Gasteiger partial charge < -0.3 is 15.0 Å². The molecule has 3 N–H and O–H groups in total.